The molecule has 0 aromatic rings. The quantitative estimate of drug-likeness (QED) is 0.599. The summed E-state index contributed by atoms with van der Waals surface area (Å²) in [6, 6.07) is 0. The van der Waals surface area contributed by atoms with Gasteiger partial charge in [-0.2, -0.15) is 0 Å². The van der Waals surface area contributed by atoms with Crippen LogP contribution in [0.5, 0.6) is 0 Å². The highest BCUT2D eigenvalue weighted by Gasteiger charge is 2.14. The second-order valence-corrected chi connectivity index (χ2v) is 3.44. The van der Waals surface area contributed by atoms with Gasteiger partial charge in [0.1, 0.15) is 0 Å². The van der Waals surface area contributed by atoms with Gasteiger partial charge < -0.3 is 15.2 Å². The number of nitrogens with one attached hydrogen (secondary N) is 1. The van der Waals surface area contributed by atoms with Crippen molar-refractivity contribution in [3.63, 3.8) is 0 Å². The van der Waals surface area contributed by atoms with E-state index < -0.39 is 5.97 Å². The van der Waals surface area contributed by atoms with Crippen molar-refractivity contribution >= 4 is 5.97 Å². The van der Waals surface area contributed by atoms with Gasteiger partial charge in [0.15, 0.2) is 0 Å². The Balaban J connectivity index is 3.68. The lowest BCUT2D eigenvalue weighted by atomic mass is 10.1. The summed E-state index contributed by atoms with van der Waals surface area (Å²) in [5, 5.41) is 11.4. The summed E-state index contributed by atoms with van der Waals surface area (Å²) in [5.41, 5.74) is -0.127. The number of carbonyl (C=O) groups is 1. The average molecular weight is 187 g/mol. The maximum atomic E-state index is 10.1. The molecule has 0 aliphatic rings. The number of rotatable bonds is 6. The van der Waals surface area contributed by atoms with Crippen LogP contribution in [-0.2, 0) is 9.53 Å². The van der Waals surface area contributed by atoms with Gasteiger partial charge in [-0.05, 0) is 13.8 Å². The molecule has 0 bridgehead atoms. The highest BCUT2D eigenvalue weighted by Crippen LogP contribution is 2.00. The van der Waals surface area contributed by atoms with E-state index in [0.717, 1.165) is 6.08 Å². The molecule has 13 heavy (non-hydrogen) atoms. The predicted molar refractivity (Wildman–Crippen MR) is 50.7 cm³/mol. The second-order valence-electron chi connectivity index (χ2n) is 3.44. The van der Waals surface area contributed by atoms with E-state index >= 15 is 0 Å². The molecule has 4 nitrogen and oxygen atoms in total. The summed E-state index contributed by atoms with van der Waals surface area (Å²) < 4.78 is 4.98. The van der Waals surface area contributed by atoms with Gasteiger partial charge in [-0.1, -0.05) is 6.08 Å². The Labute approximate surface area is 78.6 Å². The molecule has 0 radical (unpaired) electrons. The fraction of sp³-hybridized carbons (Fsp3) is 0.667. The van der Waals surface area contributed by atoms with E-state index in [1.807, 2.05) is 13.8 Å². The van der Waals surface area contributed by atoms with Crippen molar-refractivity contribution in [3.05, 3.63) is 12.2 Å². The molecular formula is C9H17NO3. The van der Waals surface area contributed by atoms with Gasteiger partial charge in [0.2, 0.25) is 0 Å². The number of hydrogen-bond acceptors (Lipinski definition) is 3. The van der Waals surface area contributed by atoms with Gasteiger partial charge in [-0.3, -0.25) is 0 Å². The van der Waals surface area contributed by atoms with Crippen LogP contribution in [0, 0.1) is 0 Å². The number of hydrogen-bond donors (Lipinski definition) is 2. The first-order valence-electron chi connectivity index (χ1n) is 4.11. The van der Waals surface area contributed by atoms with Crippen LogP contribution < -0.4 is 5.32 Å². The Kier molecular flexibility index (Phi) is 5.34. The van der Waals surface area contributed by atoms with Crippen LogP contribution in [0.3, 0.4) is 0 Å². The van der Waals surface area contributed by atoms with Crippen LogP contribution in [-0.4, -0.2) is 36.9 Å². The van der Waals surface area contributed by atoms with Crippen molar-refractivity contribution in [1.82, 2.24) is 5.32 Å². The Bertz CT molecular complexity index is 187. The zero-order valence-electron chi connectivity index (χ0n) is 8.33. The first kappa shape index (κ1) is 12.1. The van der Waals surface area contributed by atoms with Gasteiger partial charge in [-0.15, -0.1) is 0 Å². The largest absolute Gasteiger partial charge is 0.478 e. The molecule has 0 rings (SSSR count). The zero-order valence-corrected chi connectivity index (χ0v) is 8.33. The van der Waals surface area contributed by atoms with Crippen molar-refractivity contribution in [1.29, 1.82) is 0 Å². The first-order chi connectivity index (χ1) is 5.98. The van der Waals surface area contributed by atoms with Crippen LogP contribution in [0.15, 0.2) is 12.2 Å². The third-order valence-electron chi connectivity index (χ3n) is 1.46. The fourth-order valence-corrected chi connectivity index (χ4v) is 0.907. The molecule has 0 aliphatic heterocycles. The molecule has 0 fully saturated rings. The molecule has 0 spiro atoms. The molecule has 2 N–H and O–H groups in total. The molecule has 0 aliphatic carbocycles. The van der Waals surface area contributed by atoms with Gasteiger partial charge in [0, 0.05) is 25.3 Å². The van der Waals surface area contributed by atoms with Crippen molar-refractivity contribution in [2.45, 2.75) is 19.4 Å². The minimum atomic E-state index is -0.925. The van der Waals surface area contributed by atoms with Crippen LogP contribution in [0.4, 0.5) is 0 Å². The monoisotopic (exact) mass is 187 g/mol. The summed E-state index contributed by atoms with van der Waals surface area (Å²) >= 11 is 0. The normalized spacial score (nSPS) is 12.2. The number of carboxylic acid groups (broad SMARTS) is 1. The lowest BCUT2D eigenvalue weighted by Crippen LogP contribution is -2.43. The van der Waals surface area contributed by atoms with E-state index in [9.17, 15) is 4.79 Å². The molecular weight excluding hydrogens is 170 g/mol. The molecule has 76 valence electrons. The summed E-state index contributed by atoms with van der Waals surface area (Å²) in [7, 11) is 1.64. The van der Waals surface area contributed by atoms with Crippen molar-refractivity contribution in [3.8, 4) is 0 Å². The Hall–Kier alpha value is -0.870. The number of methoxy groups -OCH3 is 1. The average Bonchev–Trinajstić information content (AvgIpc) is 1.98. The molecule has 0 unspecified atom stereocenters. The zero-order chi connectivity index (χ0) is 10.3. The highest BCUT2D eigenvalue weighted by atomic mass is 16.5. The van der Waals surface area contributed by atoms with E-state index in [2.05, 4.69) is 5.32 Å². The Morgan fingerprint density at radius 1 is 1.62 bits per heavy atom. The topological polar surface area (TPSA) is 58.6 Å². The summed E-state index contributed by atoms with van der Waals surface area (Å²) in [5.74, 6) is -0.925. The maximum Gasteiger partial charge on any atom is 0.328 e. The standard InChI is InChI=1S/C9H17NO3/c1-9(2,7-13-3)10-6-4-5-8(11)12/h4-5,10H,6-7H2,1-3H3,(H,11,12)/b5-4+. The maximum absolute atomic E-state index is 10.1. The van der Waals surface area contributed by atoms with E-state index in [1.54, 1.807) is 13.2 Å². The van der Waals surface area contributed by atoms with Crippen LogP contribution in [0.1, 0.15) is 13.8 Å². The van der Waals surface area contributed by atoms with E-state index in [4.69, 9.17) is 9.84 Å². The molecule has 0 amide bonds. The molecule has 4 heteroatoms. The molecule has 0 saturated heterocycles. The summed E-state index contributed by atoms with van der Waals surface area (Å²) in [6.45, 7) is 5.10. The van der Waals surface area contributed by atoms with E-state index in [-0.39, 0.29) is 5.54 Å². The molecule has 0 heterocycles. The van der Waals surface area contributed by atoms with Crippen LogP contribution in [0.25, 0.3) is 0 Å². The third-order valence-corrected chi connectivity index (χ3v) is 1.46. The molecule has 0 atom stereocenters. The molecule has 0 aromatic heterocycles. The van der Waals surface area contributed by atoms with E-state index in [0.29, 0.717) is 13.2 Å². The van der Waals surface area contributed by atoms with Crippen molar-refractivity contribution in [2.75, 3.05) is 20.3 Å². The Morgan fingerprint density at radius 3 is 2.69 bits per heavy atom. The number of carboxylic acids is 1. The fourth-order valence-electron chi connectivity index (χ4n) is 0.907. The highest BCUT2D eigenvalue weighted by molar-refractivity contribution is 5.79. The van der Waals surface area contributed by atoms with Crippen LogP contribution in [0.2, 0.25) is 0 Å². The smallest absolute Gasteiger partial charge is 0.328 e. The lowest BCUT2D eigenvalue weighted by Gasteiger charge is -2.24. The van der Waals surface area contributed by atoms with E-state index in [1.165, 1.54) is 0 Å². The third kappa shape index (κ3) is 7.49. The minimum Gasteiger partial charge on any atom is -0.478 e. The van der Waals surface area contributed by atoms with Crippen molar-refractivity contribution in [2.24, 2.45) is 0 Å². The molecule has 0 aromatic carbocycles. The number of ether oxygens (including phenoxy) is 1. The van der Waals surface area contributed by atoms with Gasteiger partial charge >= 0.3 is 5.97 Å². The SMILES string of the molecule is COCC(C)(C)NC/C=C/C(=O)O. The van der Waals surface area contributed by atoms with Crippen LogP contribution >= 0.6 is 0 Å². The summed E-state index contributed by atoms with van der Waals surface area (Å²) in [4.78, 5) is 10.1. The Morgan fingerprint density at radius 2 is 2.23 bits per heavy atom. The molecule has 0 saturated carbocycles. The first-order valence-corrected chi connectivity index (χ1v) is 4.11. The van der Waals surface area contributed by atoms with Gasteiger partial charge in [-0.25, -0.2) is 4.79 Å². The second kappa shape index (κ2) is 5.72. The minimum absolute atomic E-state index is 0.127. The predicted octanol–water partition coefficient (Wildman–Crippen LogP) is 0.642. The van der Waals surface area contributed by atoms with Gasteiger partial charge in [0.05, 0.1) is 6.61 Å². The number of aliphatic carboxylic acids is 1. The van der Waals surface area contributed by atoms with Gasteiger partial charge in [0.25, 0.3) is 0 Å². The summed E-state index contributed by atoms with van der Waals surface area (Å²) in [6.07, 6.45) is 2.69. The lowest BCUT2D eigenvalue weighted by molar-refractivity contribution is -0.131. The van der Waals surface area contributed by atoms with Crippen molar-refractivity contribution < 1.29 is 14.6 Å².